The first kappa shape index (κ1) is 24.4. The van der Waals surface area contributed by atoms with Crippen molar-refractivity contribution in [1.82, 2.24) is 10.9 Å². The van der Waals surface area contributed by atoms with E-state index in [1.165, 1.54) is 0 Å². The highest BCUT2D eigenvalue weighted by Gasteiger charge is 2.36. The number of halogens is 2. The molecule has 0 radical (unpaired) electrons. The van der Waals surface area contributed by atoms with Gasteiger partial charge in [0.2, 0.25) is 0 Å². The third-order valence-corrected chi connectivity index (χ3v) is 7.47. The van der Waals surface area contributed by atoms with Crippen LogP contribution >= 0.6 is 23.2 Å². The van der Waals surface area contributed by atoms with E-state index in [2.05, 4.69) is 21.1 Å². The first-order valence-electron chi connectivity index (χ1n) is 12.4. The van der Waals surface area contributed by atoms with Gasteiger partial charge in [-0.05, 0) is 46.5 Å². The molecule has 7 heteroatoms. The Morgan fingerprint density at radius 3 is 1.42 bits per heavy atom. The minimum Gasteiger partial charge on any atom is -0.295 e. The molecule has 0 saturated heterocycles. The summed E-state index contributed by atoms with van der Waals surface area (Å²) in [5, 5.41) is 10.7. The molecule has 0 spiro atoms. The van der Waals surface area contributed by atoms with E-state index >= 15 is 0 Å². The van der Waals surface area contributed by atoms with E-state index < -0.39 is 12.1 Å². The summed E-state index contributed by atoms with van der Waals surface area (Å²) in [6.07, 6.45) is 1.26. The van der Waals surface area contributed by atoms with Gasteiger partial charge in [-0.3, -0.25) is 15.6 Å². The number of carbonyl (C=O) groups is 1. The van der Waals surface area contributed by atoms with Crippen LogP contribution in [0.15, 0.2) is 107 Å². The predicted molar refractivity (Wildman–Crippen MR) is 153 cm³/mol. The minimum atomic E-state index is -0.598. The van der Waals surface area contributed by atoms with Crippen molar-refractivity contribution in [2.45, 2.75) is 24.9 Å². The van der Waals surface area contributed by atoms with Gasteiger partial charge in [0.25, 0.3) is 0 Å². The summed E-state index contributed by atoms with van der Waals surface area (Å²) < 4.78 is 0. The molecule has 6 rings (SSSR count). The fourth-order valence-corrected chi connectivity index (χ4v) is 5.28. The number of hydrogen-bond donors (Lipinski definition) is 2. The first-order valence-corrected chi connectivity index (χ1v) is 13.2. The van der Waals surface area contributed by atoms with Gasteiger partial charge in [-0.1, -0.05) is 96.0 Å². The van der Waals surface area contributed by atoms with Crippen molar-refractivity contribution in [2.75, 3.05) is 0 Å². The van der Waals surface area contributed by atoms with Crippen molar-refractivity contribution >= 4 is 40.4 Å². The highest BCUT2D eigenvalue weighted by atomic mass is 35.5. The molecular weight excluding hydrogens is 515 g/mol. The van der Waals surface area contributed by atoms with Crippen molar-refractivity contribution in [3.05, 3.63) is 140 Å². The zero-order valence-electron chi connectivity index (χ0n) is 20.4. The Bertz CT molecular complexity index is 1440. The lowest BCUT2D eigenvalue weighted by Crippen LogP contribution is -2.40. The molecule has 2 atom stereocenters. The molecule has 5 nitrogen and oxygen atoms in total. The number of nitrogens with zero attached hydrogens (tertiary/aromatic N) is 2. The summed E-state index contributed by atoms with van der Waals surface area (Å²) >= 11 is 12.1. The Morgan fingerprint density at radius 1 is 0.605 bits per heavy atom. The van der Waals surface area contributed by atoms with Gasteiger partial charge in [0.1, 0.15) is 12.1 Å². The smallest absolute Gasteiger partial charge is 0.189 e. The van der Waals surface area contributed by atoms with E-state index in [-0.39, 0.29) is 5.78 Å². The Morgan fingerprint density at radius 2 is 1.00 bits per heavy atom. The van der Waals surface area contributed by atoms with Crippen LogP contribution in [-0.4, -0.2) is 17.2 Å². The van der Waals surface area contributed by atoms with Gasteiger partial charge in [0.05, 0.1) is 11.4 Å². The molecule has 0 fully saturated rings. The molecule has 0 aromatic heterocycles. The van der Waals surface area contributed by atoms with Crippen molar-refractivity contribution in [2.24, 2.45) is 10.2 Å². The monoisotopic (exact) mass is 538 g/mol. The second-order valence-electron chi connectivity index (χ2n) is 9.42. The zero-order valence-corrected chi connectivity index (χ0v) is 21.9. The molecule has 0 aliphatic carbocycles. The van der Waals surface area contributed by atoms with E-state index in [9.17, 15) is 4.79 Å². The van der Waals surface area contributed by atoms with Crippen LogP contribution in [0.2, 0.25) is 10.0 Å². The number of Topliss-reactive ketones (excluding diaryl/α,β-unsaturated/α-hetero) is 1. The molecule has 4 aromatic rings. The molecule has 2 N–H and O–H groups in total. The van der Waals surface area contributed by atoms with E-state index in [1.54, 1.807) is 0 Å². The van der Waals surface area contributed by atoms with Crippen LogP contribution in [0.25, 0.3) is 0 Å². The molecule has 2 aliphatic rings. The molecule has 4 aromatic carbocycles. The van der Waals surface area contributed by atoms with Crippen molar-refractivity contribution in [1.29, 1.82) is 0 Å². The molecule has 2 unspecified atom stereocenters. The number of hydrogen-bond acceptors (Lipinski definition) is 5. The first-order chi connectivity index (χ1) is 18.6. The lowest BCUT2D eigenvalue weighted by molar-refractivity contribution is -0.123. The van der Waals surface area contributed by atoms with E-state index in [0.717, 1.165) is 44.8 Å². The Balaban J connectivity index is 1.27. The number of ketones is 1. The molecule has 188 valence electrons. The molecule has 38 heavy (non-hydrogen) atoms. The number of carbonyl (C=O) groups excluding carboxylic acids is 1. The van der Waals surface area contributed by atoms with Crippen LogP contribution < -0.4 is 10.9 Å². The van der Waals surface area contributed by atoms with Crippen LogP contribution in [-0.2, 0) is 17.6 Å². The van der Waals surface area contributed by atoms with Crippen LogP contribution in [0.1, 0.15) is 45.5 Å². The maximum atomic E-state index is 14.0. The van der Waals surface area contributed by atoms with Crippen LogP contribution in [0.4, 0.5) is 0 Å². The van der Waals surface area contributed by atoms with Gasteiger partial charge >= 0.3 is 0 Å². The lowest BCUT2D eigenvalue weighted by atomic mass is 9.85. The predicted octanol–water partition coefficient (Wildman–Crippen LogP) is 6.44. The topological polar surface area (TPSA) is 65.8 Å². The maximum absolute atomic E-state index is 14.0. The Labute approximate surface area is 231 Å². The standard InChI is InChI=1S/C31H24Cl2N4O/c32-21-13-9-19(10-14-21)17-27-23-5-1-3-7-25(23)29(36-34-27)31(38)30-26-8-4-2-6-24(26)28(35-37-30)18-20-11-15-22(33)16-12-20/h1-16,29-30,36-37H,17-18H2. The molecular formula is C31H24Cl2N4O. The minimum absolute atomic E-state index is 0.0338. The molecule has 0 bridgehead atoms. The van der Waals surface area contributed by atoms with Gasteiger partial charge in [-0.2, -0.15) is 10.2 Å². The van der Waals surface area contributed by atoms with E-state index in [4.69, 9.17) is 23.2 Å². The van der Waals surface area contributed by atoms with Crippen molar-refractivity contribution < 1.29 is 4.79 Å². The quantitative estimate of drug-likeness (QED) is 0.296. The second-order valence-corrected chi connectivity index (χ2v) is 10.3. The van der Waals surface area contributed by atoms with Crippen LogP contribution in [0, 0.1) is 0 Å². The third-order valence-electron chi connectivity index (χ3n) is 6.96. The Kier molecular flexibility index (Phi) is 6.71. The maximum Gasteiger partial charge on any atom is 0.189 e. The number of rotatable bonds is 6. The second kappa shape index (κ2) is 10.4. The summed E-state index contributed by atoms with van der Waals surface area (Å²) in [6.45, 7) is 0. The number of fused-ring (bicyclic) bond motifs is 2. The van der Waals surface area contributed by atoms with Crippen LogP contribution in [0.3, 0.4) is 0 Å². The third kappa shape index (κ3) is 4.83. The summed E-state index contributed by atoms with van der Waals surface area (Å²) in [5.74, 6) is -0.0338. The number of nitrogens with one attached hydrogen (secondary N) is 2. The van der Waals surface area contributed by atoms with Crippen molar-refractivity contribution in [3.63, 3.8) is 0 Å². The van der Waals surface area contributed by atoms with Gasteiger partial charge in [-0.15, -0.1) is 0 Å². The number of hydrazone groups is 2. The normalized spacial score (nSPS) is 17.7. The van der Waals surface area contributed by atoms with Crippen molar-refractivity contribution in [3.8, 4) is 0 Å². The fraction of sp³-hybridized carbons (Fsp3) is 0.129. The zero-order chi connectivity index (χ0) is 26.1. The molecule has 2 heterocycles. The van der Waals surface area contributed by atoms with Gasteiger partial charge in [0.15, 0.2) is 5.78 Å². The molecule has 0 saturated carbocycles. The average Bonchev–Trinajstić information content (AvgIpc) is 2.95. The summed E-state index contributed by atoms with van der Waals surface area (Å²) in [7, 11) is 0. The largest absolute Gasteiger partial charge is 0.295 e. The average molecular weight is 539 g/mol. The highest BCUT2D eigenvalue weighted by Crippen LogP contribution is 2.32. The highest BCUT2D eigenvalue weighted by molar-refractivity contribution is 6.30. The fourth-order valence-electron chi connectivity index (χ4n) is 5.03. The summed E-state index contributed by atoms with van der Waals surface area (Å²) in [4.78, 5) is 14.0. The lowest BCUT2D eigenvalue weighted by Gasteiger charge is -2.31. The van der Waals surface area contributed by atoms with E-state index in [0.29, 0.717) is 22.9 Å². The van der Waals surface area contributed by atoms with Gasteiger partial charge in [0, 0.05) is 34.0 Å². The number of benzene rings is 4. The molecule has 2 aliphatic heterocycles. The summed E-state index contributed by atoms with van der Waals surface area (Å²) in [6, 6.07) is 30.2. The summed E-state index contributed by atoms with van der Waals surface area (Å²) in [5.41, 5.74) is 14.0. The van der Waals surface area contributed by atoms with Gasteiger partial charge in [-0.25, -0.2) is 0 Å². The van der Waals surface area contributed by atoms with Crippen LogP contribution in [0.5, 0.6) is 0 Å². The Hall–Kier alpha value is -3.93. The SMILES string of the molecule is O=C(C1NN=C(Cc2ccc(Cl)cc2)c2ccccc21)C1NN=C(Cc2ccc(Cl)cc2)c2ccccc21. The van der Waals surface area contributed by atoms with E-state index in [1.807, 2.05) is 97.1 Å². The molecule has 0 amide bonds. The van der Waals surface area contributed by atoms with Gasteiger partial charge < -0.3 is 0 Å².